The Morgan fingerprint density at radius 1 is 1.11 bits per heavy atom. The summed E-state index contributed by atoms with van der Waals surface area (Å²) >= 11 is 3.37. The maximum atomic E-state index is 6.18. The topological polar surface area (TPSA) is 38.9 Å². The van der Waals surface area contributed by atoms with E-state index in [2.05, 4.69) is 37.9 Å². The first-order valence-corrected chi connectivity index (χ1v) is 7.84. The van der Waals surface area contributed by atoms with Crippen molar-refractivity contribution in [1.82, 2.24) is 4.98 Å². The van der Waals surface area contributed by atoms with Crippen LogP contribution in [0, 0.1) is 0 Å². The predicted octanol–water partition coefficient (Wildman–Crippen LogP) is 4.90. The Kier molecular flexibility index (Phi) is 2.87. The lowest BCUT2D eigenvalue weighted by Crippen LogP contribution is -2.07. The molecule has 3 aromatic rings. The summed E-state index contributed by atoms with van der Waals surface area (Å²) < 4.78 is 1.21. The Hall–Kier alpha value is -1.39. The molecule has 98 valence electrons. The lowest BCUT2D eigenvalue weighted by atomic mass is 9.94. The number of thiophene rings is 1. The molecule has 4 heteroatoms. The van der Waals surface area contributed by atoms with Gasteiger partial charge < -0.3 is 5.73 Å². The van der Waals surface area contributed by atoms with Crippen molar-refractivity contribution >= 4 is 37.9 Å². The third kappa shape index (κ3) is 2.26. The molecule has 0 atom stereocenters. The third-order valence-corrected chi connectivity index (χ3v) is 5.48. The fraction of sp³-hybridized carbons (Fsp3) is 0.267. The van der Waals surface area contributed by atoms with Gasteiger partial charge in [0.2, 0.25) is 0 Å². The molecule has 2 heterocycles. The van der Waals surface area contributed by atoms with E-state index in [1.54, 1.807) is 22.7 Å². The monoisotopic (exact) mass is 288 g/mol. The van der Waals surface area contributed by atoms with E-state index in [4.69, 9.17) is 5.73 Å². The van der Waals surface area contributed by atoms with E-state index in [9.17, 15) is 0 Å². The van der Waals surface area contributed by atoms with Crippen molar-refractivity contribution in [2.45, 2.75) is 26.2 Å². The molecule has 19 heavy (non-hydrogen) atoms. The van der Waals surface area contributed by atoms with Gasteiger partial charge in [-0.2, -0.15) is 0 Å². The van der Waals surface area contributed by atoms with Crippen molar-refractivity contribution in [3.8, 4) is 10.6 Å². The van der Waals surface area contributed by atoms with E-state index >= 15 is 0 Å². The van der Waals surface area contributed by atoms with Gasteiger partial charge in [0.05, 0.1) is 15.2 Å². The standard InChI is InChI=1S/C15H16N2S2/c1-15(2,3)12-8-9(13(16)19-12)14-17-10-6-4-5-7-11(10)18-14/h4-8H,16H2,1-3H3. The smallest absolute Gasteiger partial charge is 0.127 e. The number of fused-ring (bicyclic) bond motifs is 1. The van der Waals surface area contributed by atoms with Crippen LogP contribution in [0.5, 0.6) is 0 Å². The van der Waals surface area contributed by atoms with E-state index in [0.717, 1.165) is 21.1 Å². The SMILES string of the molecule is CC(C)(C)c1cc(-c2nc3ccccc3s2)c(N)s1. The van der Waals surface area contributed by atoms with Gasteiger partial charge in [0, 0.05) is 10.4 Å². The van der Waals surface area contributed by atoms with Gasteiger partial charge in [0.25, 0.3) is 0 Å². The summed E-state index contributed by atoms with van der Waals surface area (Å²) in [5.74, 6) is 0. The van der Waals surface area contributed by atoms with E-state index in [-0.39, 0.29) is 5.41 Å². The molecule has 0 aliphatic heterocycles. The molecule has 2 N–H and O–H groups in total. The molecule has 2 nitrogen and oxygen atoms in total. The highest BCUT2D eigenvalue weighted by atomic mass is 32.1. The van der Waals surface area contributed by atoms with Gasteiger partial charge >= 0.3 is 0 Å². The largest absolute Gasteiger partial charge is 0.390 e. The molecular formula is C15H16N2S2. The van der Waals surface area contributed by atoms with Crippen molar-refractivity contribution in [3.05, 3.63) is 35.2 Å². The van der Waals surface area contributed by atoms with Gasteiger partial charge in [-0.15, -0.1) is 22.7 Å². The molecule has 0 amide bonds. The van der Waals surface area contributed by atoms with Crippen molar-refractivity contribution < 1.29 is 0 Å². The molecule has 0 unspecified atom stereocenters. The molecular weight excluding hydrogens is 272 g/mol. The second-order valence-corrected chi connectivity index (χ2v) is 7.74. The number of aromatic nitrogens is 1. The van der Waals surface area contributed by atoms with Gasteiger partial charge in [0.15, 0.2) is 0 Å². The van der Waals surface area contributed by atoms with E-state index in [0.29, 0.717) is 0 Å². The zero-order valence-electron chi connectivity index (χ0n) is 11.2. The molecule has 0 saturated carbocycles. The van der Waals surface area contributed by atoms with Crippen LogP contribution in [0.1, 0.15) is 25.6 Å². The number of thiazole rings is 1. The number of nitrogen functional groups attached to an aromatic ring is 1. The first kappa shape index (κ1) is 12.6. The van der Waals surface area contributed by atoms with Crippen molar-refractivity contribution in [1.29, 1.82) is 0 Å². The van der Waals surface area contributed by atoms with Gasteiger partial charge in [-0.1, -0.05) is 32.9 Å². The predicted molar refractivity (Wildman–Crippen MR) is 86.0 cm³/mol. The Bertz CT molecular complexity index is 699. The van der Waals surface area contributed by atoms with Gasteiger partial charge in [-0.3, -0.25) is 0 Å². The number of para-hydroxylation sites is 1. The molecule has 0 radical (unpaired) electrons. The zero-order valence-corrected chi connectivity index (χ0v) is 12.9. The maximum absolute atomic E-state index is 6.18. The van der Waals surface area contributed by atoms with Crippen LogP contribution in [0.15, 0.2) is 30.3 Å². The molecule has 1 aromatic carbocycles. The summed E-state index contributed by atoms with van der Waals surface area (Å²) in [5, 5.41) is 1.88. The highest BCUT2D eigenvalue weighted by Gasteiger charge is 2.20. The summed E-state index contributed by atoms with van der Waals surface area (Å²) in [6.07, 6.45) is 0. The number of anilines is 1. The Morgan fingerprint density at radius 2 is 1.84 bits per heavy atom. The van der Waals surface area contributed by atoms with Gasteiger partial charge in [0.1, 0.15) is 5.01 Å². The van der Waals surface area contributed by atoms with Crippen LogP contribution in [0.2, 0.25) is 0 Å². The Balaban J connectivity index is 2.13. The molecule has 0 saturated heterocycles. The van der Waals surface area contributed by atoms with E-state index < -0.39 is 0 Å². The molecule has 0 spiro atoms. The first-order valence-electron chi connectivity index (χ1n) is 6.21. The number of nitrogens with two attached hydrogens (primary N) is 1. The summed E-state index contributed by atoms with van der Waals surface area (Å²) in [4.78, 5) is 5.99. The van der Waals surface area contributed by atoms with E-state index in [1.165, 1.54) is 9.58 Å². The fourth-order valence-corrected chi connectivity index (χ4v) is 3.98. The maximum Gasteiger partial charge on any atom is 0.127 e. The van der Waals surface area contributed by atoms with Crippen molar-refractivity contribution in [2.75, 3.05) is 5.73 Å². The molecule has 0 aliphatic carbocycles. The molecule has 0 aliphatic rings. The quantitative estimate of drug-likeness (QED) is 0.691. The Labute approximate surface area is 120 Å². The van der Waals surface area contributed by atoms with Crippen LogP contribution >= 0.6 is 22.7 Å². The summed E-state index contributed by atoms with van der Waals surface area (Å²) in [6, 6.07) is 10.4. The van der Waals surface area contributed by atoms with Crippen molar-refractivity contribution in [2.24, 2.45) is 0 Å². The summed E-state index contributed by atoms with van der Waals surface area (Å²) in [5.41, 5.74) is 8.44. The number of hydrogen-bond donors (Lipinski definition) is 1. The average molecular weight is 288 g/mol. The number of nitrogens with zero attached hydrogens (tertiary/aromatic N) is 1. The fourth-order valence-electron chi connectivity index (χ4n) is 1.93. The molecule has 3 rings (SSSR count). The van der Waals surface area contributed by atoms with Gasteiger partial charge in [-0.25, -0.2) is 4.98 Å². The van der Waals surface area contributed by atoms with Crippen LogP contribution < -0.4 is 5.73 Å². The van der Waals surface area contributed by atoms with Crippen LogP contribution in [-0.4, -0.2) is 4.98 Å². The van der Waals surface area contributed by atoms with Gasteiger partial charge in [-0.05, 0) is 23.6 Å². The van der Waals surface area contributed by atoms with Crippen LogP contribution in [0.25, 0.3) is 20.8 Å². The first-order chi connectivity index (χ1) is 8.95. The average Bonchev–Trinajstić information content (AvgIpc) is 2.90. The second kappa shape index (κ2) is 4.32. The van der Waals surface area contributed by atoms with Crippen LogP contribution in [0.4, 0.5) is 5.00 Å². The van der Waals surface area contributed by atoms with Crippen molar-refractivity contribution in [3.63, 3.8) is 0 Å². The minimum Gasteiger partial charge on any atom is -0.390 e. The minimum atomic E-state index is 0.133. The van der Waals surface area contributed by atoms with E-state index in [1.807, 2.05) is 18.2 Å². The number of rotatable bonds is 1. The lowest BCUT2D eigenvalue weighted by molar-refractivity contribution is 0.604. The van der Waals surface area contributed by atoms with Crippen LogP contribution in [0.3, 0.4) is 0 Å². The Morgan fingerprint density at radius 3 is 2.47 bits per heavy atom. The highest BCUT2D eigenvalue weighted by molar-refractivity contribution is 7.22. The minimum absolute atomic E-state index is 0.133. The zero-order chi connectivity index (χ0) is 13.6. The number of hydrogen-bond acceptors (Lipinski definition) is 4. The lowest BCUT2D eigenvalue weighted by Gasteiger charge is -2.14. The highest BCUT2D eigenvalue weighted by Crippen LogP contribution is 2.41. The summed E-state index contributed by atoms with van der Waals surface area (Å²) in [7, 11) is 0. The van der Waals surface area contributed by atoms with Crippen LogP contribution in [-0.2, 0) is 5.41 Å². The molecule has 0 bridgehead atoms. The molecule has 2 aromatic heterocycles. The molecule has 0 fully saturated rings. The second-order valence-electron chi connectivity index (χ2n) is 5.63. The number of benzene rings is 1. The normalized spacial score (nSPS) is 12.2. The third-order valence-electron chi connectivity index (χ3n) is 3.02. The summed E-state index contributed by atoms with van der Waals surface area (Å²) in [6.45, 7) is 6.63.